The minimum absolute atomic E-state index is 0. The summed E-state index contributed by atoms with van der Waals surface area (Å²) in [4.78, 5) is 14.8. The summed E-state index contributed by atoms with van der Waals surface area (Å²) in [5.41, 5.74) is 8.23. The maximum Gasteiger partial charge on any atom is 0.221 e. The number of benzene rings is 2. The zero-order chi connectivity index (χ0) is 19.1. The SMILES string of the molecule is Cl.Cl.NC(CC(=O)NCC(c1cccc(Cl)c1)N1CCOCC1)c1ccccc1. The van der Waals surface area contributed by atoms with Gasteiger partial charge in [0.25, 0.3) is 0 Å². The van der Waals surface area contributed by atoms with Crippen LogP contribution >= 0.6 is 36.4 Å². The minimum Gasteiger partial charge on any atom is -0.379 e. The van der Waals surface area contributed by atoms with Crippen LogP contribution in [-0.4, -0.2) is 43.7 Å². The predicted octanol–water partition coefficient (Wildman–Crippen LogP) is 3.76. The molecule has 0 bridgehead atoms. The first-order valence-corrected chi connectivity index (χ1v) is 9.66. The third-order valence-corrected chi connectivity index (χ3v) is 5.08. The molecule has 0 spiro atoms. The van der Waals surface area contributed by atoms with Crippen molar-refractivity contribution in [3.63, 3.8) is 0 Å². The third-order valence-electron chi connectivity index (χ3n) is 4.85. The molecule has 1 saturated heterocycles. The van der Waals surface area contributed by atoms with Crippen LogP contribution in [0.15, 0.2) is 54.6 Å². The van der Waals surface area contributed by atoms with E-state index in [1.54, 1.807) is 0 Å². The zero-order valence-electron chi connectivity index (χ0n) is 16.1. The van der Waals surface area contributed by atoms with Gasteiger partial charge in [-0.2, -0.15) is 0 Å². The van der Waals surface area contributed by atoms with Crippen LogP contribution in [0.2, 0.25) is 5.02 Å². The summed E-state index contributed by atoms with van der Waals surface area (Å²) in [5.74, 6) is -0.0494. The Morgan fingerprint density at radius 3 is 2.38 bits per heavy atom. The zero-order valence-corrected chi connectivity index (χ0v) is 18.5. The Labute approximate surface area is 189 Å². The Morgan fingerprint density at radius 2 is 1.72 bits per heavy atom. The number of nitrogens with two attached hydrogens (primary N) is 1. The van der Waals surface area contributed by atoms with Gasteiger partial charge in [-0.25, -0.2) is 0 Å². The highest BCUT2D eigenvalue weighted by atomic mass is 35.5. The van der Waals surface area contributed by atoms with Crippen molar-refractivity contribution < 1.29 is 9.53 Å². The van der Waals surface area contributed by atoms with Crippen molar-refractivity contribution in [2.75, 3.05) is 32.8 Å². The van der Waals surface area contributed by atoms with Crippen molar-refractivity contribution in [1.82, 2.24) is 10.2 Å². The second kappa shape index (κ2) is 13.1. The van der Waals surface area contributed by atoms with Crippen LogP contribution in [0.25, 0.3) is 0 Å². The quantitative estimate of drug-likeness (QED) is 0.660. The van der Waals surface area contributed by atoms with Crippen LogP contribution in [0.1, 0.15) is 29.6 Å². The number of carbonyl (C=O) groups is 1. The number of hydrogen-bond acceptors (Lipinski definition) is 4. The molecule has 3 N–H and O–H groups in total. The Morgan fingerprint density at radius 1 is 1.07 bits per heavy atom. The van der Waals surface area contributed by atoms with Crippen LogP contribution in [0.4, 0.5) is 0 Å². The molecule has 2 aromatic rings. The van der Waals surface area contributed by atoms with E-state index >= 15 is 0 Å². The van der Waals surface area contributed by atoms with E-state index in [4.69, 9.17) is 22.1 Å². The predicted molar refractivity (Wildman–Crippen MR) is 122 cm³/mol. The molecule has 0 aromatic heterocycles. The van der Waals surface area contributed by atoms with E-state index < -0.39 is 0 Å². The number of nitrogens with zero attached hydrogens (tertiary/aromatic N) is 1. The largest absolute Gasteiger partial charge is 0.379 e. The molecule has 1 amide bonds. The normalized spacial score (nSPS) is 16.1. The first-order valence-electron chi connectivity index (χ1n) is 9.28. The summed E-state index contributed by atoms with van der Waals surface area (Å²) in [6.45, 7) is 3.57. The first-order chi connectivity index (χ1) is 13.1. The molecule has 0 aliphatic carbocycles. The van der Waals surface area contributed by atoms with Crippen LogP contribution in [0.5, 0.6) is 0 Å². The molecule has 3 rings (SSSR count). The van der Waals surface area contributed by atoms with Crippen LogP contribution in [-0.2, 0) is 9.53 Å². The fourth-order valence-corrected chi connectivity index (χ4v) is 3.56. The summed E-state index contributed by atoms with van der Waals surface area (Å²) in [5, 5.41) is 3.75. The highest BCUT2D eigenvalue weighted by Crippen LogP contribution is 2.24. The second-order valence-corrected chi connectivity index (χ2v) is 7.18. The van der Waals surface area contributed by atoms with Crippen LogP contribution in [0.3, 0.4) is 0 Å². The average Bonchev–Trinajstić information content (AvgIpc) is 2.70. The highest BCUT2D eigenvalue weighted by Gasteiger charge is 2.23. The lowest BCUT2D eigenvalue weighted by molar-refractivity contribution is -0.121. The molecule has 160 valence electrons. The molecule has 0 radical (unpaired) electrons. The van der Waals surface area contributed by atoms with E-state index in [0.717, 1.165) is 24.2 Å². The Bertz CT molecular complexity index is 743. The molecule has 1 fully saturated rings. The van der Waals surface area contributed by atoms with E-state index in [1.807, 2.05) is 54.6 Å². The first kappa shape index (κ1) is 25.7. The van der Waals surface area contributed by atoms with E-state index in [0.29, 0.717) is 24.8 Å². The summed E-state index contributed by atoms with van der Waals surface area (Å²) in [7, 11) is 0. The minimum atomic E-state index is -0.306. The lowest BCUT2D eigenvalue weighted by Gasteiger charge is -2.35. The molecule has 0 saturated carbocycles. The highest BCUT2D eigenvalue weighted by molar-refractivity contribution is 6.30. The number of ether oxygens (including phenoxy) is 1. The number of carbonyl (C=O) groups excluding carboxylic acids is 1. The molecule has 2 atom stereocenters. The second-order valence-electron chi connectivity index (χ2n) is 6.74. The summed E-state index contributed by atoms with van der Waals surface area (Å²) in [6.07, 6.45) is 0.259. The van der Waals surface area contributed by atoms with Crippen molar-refractivity contribution in [2.45, 2.75) is 18.5 Å². The van der Waals surface area contributed by atoms with Crippen molar-refractivity contribution in [1.29, 1.82) is 0 Å². The Hall–Kier alpha value is -1.34. The van der Waals surface area contributed by atoms with Crippen molar-refractivity contribution in [2.24, 2.45) is 5.73 Å². The summed E-state index contributed by atoms with van der Waals surface area (Å²) in [6, 6.07) is 17.3. The molecule has 2 unspecified atom stereocenters. The lowest BCUT2D eigenvalue weighted by atomic mass is 10.0. The van der Waals surface area contributed by atoms with E-state index in [2.05, 4.69) is 10.2 Å². The number of nitrogens with one attached hydrogen (secondary N) is 1. The maximum atomic E-state index is 12.5. The Balaban J connectivity index is 0.00000210. The smallest absolute Gasteiger partial charge is 0.221 e. The number of hydrogen-bond donors (Lipinski definition) is 2. The standard InChI is InChI=1S/C21H26ClN3O2.2ClH/c22-18-8-4-7-17(13-18)20(25-9-11-27-12-10-25)15-24-21(26)14-19(23)16-5-2-1-3-6-16;;/h1-8,13,19-20H,9-12,14-15,23H2,(H,24,26);2*1H. The van der Waals surface area contributed by atoms with Gasteiger partial charge >= 0.3 is 0 Å². The van der Waals surface area contributed by atoms with Gasteiger partial charge in [0.1, 0.15) is 0 Å². The van der Waals surface area contributed by atoms with E-state index in [1.165, 1.54) is 0 Å². The van der Waals surface area contributed by atoms with Gasteiger partial charge in [-0.3, -0.25) is 9.69 Å². The van der Waals surface area contributed by atoms with Gasteiger partial charge in [0.05, 0.1) is 19.3 Å². The number of morpholine rings is 1. The number of amides is 1. The summed E-state index contributed by atoms with van der Waals surface area (Å²) >= 11 is 6.18. The van der Waals surface area contributed by atoms with Crippen LogP contribution < -0.4 is 11.1 Å². The van der Waals surface area contributed by atoms with E-state index in [-0.39, 0.29) is 49.2 Å². The van der Waals surface area contributed by atoms with Gasteiger partial charge in [-0.1, -0.05) is 54.1 Å². The van der Waals surface area contributed by atoms with Gasteiger partial charge in [-0.05, 0) is 23.3 Å². The van der Waals surface area contributed by atoms with Gasteiger partial charge in [-0.15, -0.1) is 24.8 Å². The van der Waals surface area contributed by atoms with E-state index in [9.17, 15) is 4.79 Å². The molecule has 5 nitrogen and oxygen atoms in total. The van der Waals surface area contributed by atoms with Crippen molar-refractivity contribution in [3.05, 3.63) is 70.7 Å². The number of rotatable bonds is 7. The lowest BCUT2D eigenvalue weighted by Crippen LogP contribution is -2.44. The maximum absolute atomic E-state index is 12.5. The molecule has 1 heterocycles. The molecule has 2 aromatic carbocycles. The van der Waals surface area contributed by atoms with Crippen molar-refractivity contribution >= 4 is 42.3 Å². The summed E-state index contributed by atoms with van der Waals surface area (Å²) < 4.78 is 5.47. The monoisotopic (exact) mass is 459 g/mol. The van der Waals surface area contributed by atoms with Gasteiger partial charge in [0.2, 0.25) is 5.91 Å². The third kappa shape index (κ3) is 7.78. The van der Waals surface area contributed by atoms with Gasteiger partial charge < -0.3 is 15.8 Å². The average molecular weight is 461 g/mol. The molecular weight excluding hydrogens is 433 g/mol. The fraction of sp³-hybridized carbons (Fsp3) is 0.381. The topological polar surface area (TPSA) is 67.6 Å². The number of halogens is 3. The molecule has 8 heteroatoms. The van der Waals surface area contributed by atoms with Gasteiger partial charge in [0, 0.05) is 37.1 Å². The van der Waals surface area contributed by atoms with Gasteiger partial charge in [0.15, 0.2) is 0 Å². The molecule has 1 aliphatic heterocycles. The molecular formula is C21H28Cl3N3O2. The fourth-order valence-electron chi connectivity index (χ4n) is 3.36. The molecule has 1 aliphatic rings. The Kier molecular flexibility index (Phi) is 11.6. The molecule has 29 heavy (non-hydrogen) atoms. The van der Waals surface area contributed by atoms with Crippen LogP contribution in [0, 0.1) is 0 Å². The van der Waals surface area contributed by atoms with Crippen molar-refractivity contribution in [3.8, 4) is 0 Å².